The third kappa shape index (κ3) is 5.89. The molecule has 3 N–H and O–H groups in total. The van der Waals surface area contributed by atoms with Gasteiger partial charge in [-0.05, 0) is 29.8 Å². The fraction of sp³-hybridized carbons (Fsp3) is 0.130. The lowest BCUT2D eigenvalue weighted by Gasteiger charge is -2.19. The molecule has 0 aromatic heterocycles. The van der Waals surface area contributed by atoms with E-state index in [0.717, 1.165) is 0 Å². The number of hydrogen-bond donors (Lipinski definition) is 3. The number of nitro groups is 1. The summed E-state index contributed by atoms with van der Waals surface area (Å²) in [5, 5.41) is 19.6. The predicted molar refractivity (Wildman–Crippen MR) is 121 cm³/mol. The molecule has 0 heterocycles. The van der Waals surface area contributed by atoms with Crippen molar-refractivity contribution in [3.63, 3.8) is 0 Å². The zero-order valence-corrected chi connectivity index (χ0v) is 17.3. The molecule has 3 aromatic carbocycles. The van der Waals surface area contributed by atoms with E-state index in [1.165, 1.54) is 25.3 Å². The first-order valence-electron chi connectivity index (χ1n) is 9.74. The smallest absolute Gasteiger partial charge is 0.296 e. The minimum atomic E-state index is -0.812. The van der Waals surface area contributed by atoms with Crippen molar-refractivity contribution in [1.29, 1.82) is 0 Å². The Balaban J connectivity index is 1.71. The van der Waals surface area contributed by atoms with Gasteiger partial charge in [-0.1, -0.05) is 48.5 Å². The van der Waals surface area contributed by atoms with E-state index in [4.69, 9.17) is 4.74 Å². The number of anilines is 2. The van der Waals surface area contributed by atoms with Gasteiger partial charge in [0.25, 0.3) is 5.69 Å². The number of ether oxygens (including phenoxy) is 1. The summed E-state index contributed by atoms with van der Waals surface area (Å²) in [6.45, 7) is -0.245. The summed E-state index contributed by atoms with van der Waals surface area (Å²) in [5.41, 5.74) is 1.04. The van der Waals surface area contributed by atoms with Crippen LogP contribution in [0.25, 0.3) is 0 Å². The van der Waals surface area contributed by atoms with Crippen molar-refractivity contribution < 1.29 is 19.2 Å². The second kappa shape index (κ2) is 10.7. The highest BCUT2D eigenvalue weighted by atomic mass is 16.6. The maximum Gasteiger partial charge on any atom is 0.296 e. The van der Waals surface area contributed by atoms with Crippen molar-refractivity contribution in [3.05, 3.63) is 94.5 Å². The number of nitro benzene ring substituents is 1. The van der Waals surface area contributed by atoms with E-state index in [9.17, 15) is 19.7 Å². The number of amides is 2. The second-order valence-corrected chi connectivity index (χ2v) is 6.77. The number of hydrogen-bond acceptors (Lipinski definition) is 6. The molecule has 0 aliphatic rings. The standard InChI is InChI=1S/C23H22N4O5/c1-32-18-12-13-19(20(14-18)27(30)31)26-21(28)15-24-22(16-8-4-2-5-9-16)23(29)25-17-10-6-3-7-11-17/h2-14,22,24H,15H2,1H3,(H,25,29)(H,26,28). The summed E-state index contributed by atoms with van der Waals surface area (Å²) in [6.07, 6.45) is 0. The molecule has 0 radical (unpaired) electrons. The van der Waals surface area contributed by atoms with E-state index in [1.54, 1.807) is 48.5 Å². The zero-order chi connectivity index (χ0) is 22.9. The maximum absolute atomic E-state index is 12.9. The summed E-state index contributed by atoms with van der Waals surface area (Å²) < 4.78 is 4.99. The Morgan fingerprint density at radius 1 is 0.969 bits per heavy atom. The van der Waals surface area contributed by atoms with Crippen molar-refractivity contribution in [1.82, 2.24) is 5.32 Å². The Labute approximate surface area is 184 Å². The van der Waals surface area contributed by atoms with Gasteiger partial charge in [0.2, 0.25) is 11.8 Å². The molecule has 164 valence electrons. The molecule has 0 spiro atoms. The van der Waals surface area contributed by atoms with Crippen LogP contribution in [0.5, 0.6) is 5.75 Å². The lowest BCUT2D eigenvalue weighted by atomic mass is 10.1. The average Bonchev–Trinajstić information content (AvgIpc) is 2.80. The molecule has 2 amide bonds. The number of para-hydroxylation sites is 1. The van der Waals surface area contributed by atoms with Gasteiger partial charge in [0, 0.05) is 5.69 Å². The molecule has 0 aliphatic carbocycles. The molecular formula is C23H22N4O5. The summed E-state index contributed by atoms with van der Waals surface area (Å²) in [5.74, 6) is -0.577. The van der Waals surface area contributed by atoms with E-state index in [2.05, 4.69) is 16.0 Å². The van der Waals surface area contributed by atoms with Gasteiger partial charge >= 0.3 is 0 Å². The van der Waals surface area contributed by atoms with Crippen molar-refractivity contribution >= 4 is 28.9 Å². The van der Waals surface area contributed by atoms with Crippen LogP contribution >= 0.6 is 0 Å². The topological polar surface area (TPSA) is 123 Å². The molecule has 0 fully saturated rings. The maximum atomic E-state index is 12.9. The van der Waals surface area contributed by atoms with E-state index in [-0.39, 0.29) is 23.8 Å². The van der Waals surface area contributed by atoms with Crippen molar-refractivity contribution in [3.8, 4) is 5.75 Å². The van der Waals surface area contributed by atoms with Gasteiger partial charge in [0.05, 0.1) is 24.6 Å². The molecule has 1 atom stereocenters. The molecule has 0 saturated heterocycles. The summed E-state index contributed by atoms with van der Waals surface area (Å²) >= 11 is 0. The van der Waals surface area contributed by atoms with Gasteiger partial charge in [-0.15, -0.1) is 0 Å². The number of nitrogens with one attached hydrogen (secondary N) is 3. The molecule has 0 bridgehead atoms. The lowest BCUT2D eigenvalue weighted by Crippen LogP contribution is -2.37. The van der Waals surface area contributed by atoms with Crippen molar-refractivity contribution in [2.24, 2.45) is 0 Å². The lowest BCUT2D eigenvalue weighted by molar-refractivity contribution is -0.384. The first kappa shape index (κ1) is 22.4. The van der Waals surface area contributed by atoms with Crippen LogP contribution in [0.15, 0.2) is 78.9 Å². The Kier molecular flexibility index (Phi) is 7.50. The van der Waals surface area contributed by atoms with Crippen LogP contribution < -0.4 is 20.7 Å². The normalized spacial score (nSPS) is 11.3. The van der Waals surface area contributed by atoms with Gasteiger partial charge in [-0.2, -0.15) is 0 Å². The van der Waals surface area contributed by atoms with Crippen LogP contribution in [0.4, 0.5) is 17.1 Å². The first-order chi connectivity index (χ1) is 15.5. The molecule has 3 rings (SSSR count). The number of benzene rings is 3. The fourth-order valence-electron chi connectivity index (χ4n) is 3.03. The van der Waals surface area contributed by atoms with Crippen LogP contribution in [0.1, 0.15) is 11.6 Å². The van der Waals surface area contributed by atoms with Crippen LogP contribution in [-0.4, -0.2) is 30.4 Å². The minimum absolute atomic E-state index is 0.0348. The second-order valence-electron chi connectivity index (χ2n) is 6.77. The quantitative estimate of drug-likeness (QED) is 0.350. The van der Waals surface area contributed by atoms with E-state index >= 15 is 0 Å². The van der Waals surface area contributed by atoms with E-state index in [0.29, 0.717) is 17.0 Å². The molecule has 32 heavy (non-hydrogen) atoms. The number of carbonyl (C=O) groups is 2. The summed E-state index contributed by atoms with van der Waals surface area (Å²) in [6, 6.07) is 21.2. The Morgan fingerprint density at radius 3 is 2.25 bits per heavy atom. The van der Waals surface area contributed by atoms with E-state index < -0.39 is 16.9 Å². The predicted octanol–water partition coefficient (Wildman–Crippen LogP) is 3.51. The summed E-state index contributed by atoms with van der Waals surface area (Å²) in [4.78, 5) is 36.1. The molecule has 9 heteroatoms. The van der Waals surface area contributed by atoms with Crippen molar-refractivity contribution in [2.45, 2.75) is 6.04 Å². The molecule has 1 unspecified atom stereocenters. The molecule has 0 saturated carbocycles. The van der Waals surface area contributed by atoms with Crippen LogP contribution in [0.2, 0.25) is 0 Å². The number of methoxy groups -OCH3 is 1. The number of rotatable bonds is 9. The largest absolute Gasteiger partial charge is 0.496 e. The highest BCUT2D eigenvalue weighted by molar-refractivity contribution is 5.97. The van der Waals surface area contributed by atoms with Gasteiger partial charge in [-0.3, -0.25) is 25.0 Å². The number of nitrogens with zero attached hydrogens (tertiary/aromatic N) is 1. The highest BCUT2D eigenvalue weighted by Crippen LogP contribution is 2.28. The molecular weight excluding hydrogens is 412 g/mol. The number of carbonyl (C=O) groups excluding carboxylic acids is 2. The Bertz CT molecular complexity index is 1090. The van der Waals surface area contributed by atoms with Crippen molar-refractivity contribution in [2.75, 3.05) is 24.3 Å². The van der Waals surface area contributed by atoms with Crippen LogP contribution in [0.3, 0.4) is 0 Å². The molecule has 3 aromatic rings. The zero-order valence-electron chi connectivity index (χ0n) is 17.3. The minimum Gasteiger partial charge on any atom is -0.496 e. The average molecular weight is 434 g/mol. The Hall–Kier alpha value is -4.24. The third-order valence-electron chi connectivity index (χ3n) is 4.58. The van der Waals surface area contributed by atoms with E-state index in [1.807, 2.05) is 12.1 Å². The first-order valence-corrected chi connectivity index (χ1v) is 9.74. The highest BCUT2D eigenvalue weighted by Gasteiger charge is 2.22. The summed E-state index contributed by atoms with van der Waals surface area (Å²) in [7, 11) is 1.39. The fourth-order valence-corrected chi connectivity index (χ4v) is 3.03. The molecule has 0 aliphatic heterocycles. The third-order valence-corrected chi connectivity index (χ3v) is 4.58. The SMILES string of the molecule is COc1ccc(NC(=O)CNC(C(=O)Nc2ccccc2)c2ccccc2)c([N+](=O)[O-])c1. The van der Waals surface area contributed by atoms with Crippen LogP contribution in [-0.2, 0) is 9.59 Å². The van der Waals surface area contributed by atoms with Crippen LogP contribution in [0, 0.1) is 10.1 Å². The van der Waals surface area contributed by atoms with Gasteiger partial charge < -0.3 is 15.4 Å². The monoisotopic (exact) mass is 434 g/mol. The van der Waals surface area contributed by atoms with Gasteiger partial charge in [0.15, 0.2) is 0 Å². The van der Waals surface area contributed by atoms with Gasteiger partial charge in [-0.25, -0.2) is 0 Å². The van der Waals surface area contributed by atoms with Gasteiger partial charge in [0.1, 0.15) is 17.5 Å². The Morgan fingerprint density at radius 2 is 1.62 bits per heavy atom. The molecule has 9 nitrogen and oxygen atoms in total.